The van der Waals surface area contributed by atoms with Gasteiger partial charge < -0.3 is 4.74 Å². The van der Waals surface area contributed by atoms with E-state index in [9.17, 15) is 13.6 Å². The zero-order chi connectivity index (χ0) is 13.2. The Balaban J connectivity index is 2.83. The van der Waals surface area contributed by atoms with E-state index >= 15 is 0 Å². The first-order valence-corrected chi connectivity index (χ1v) is 5.92. The summed E-state index contributed by atoms with van der Waals surface area (Å²) >= 11 is 1.62. The molecule has 1 N–H and O–H groups in total. The van der Waals surface area contributed by atoms with E-state index in [0.29, 0.717) is 0 Å². The second kappa shape index (κ2) is 5.16. The molecule has 0 aliphatic heterocycles. The fourth-order valence-corrected chi connectivity index (χ4v) is 1.61. The van der Waals surface area contributed by atoms with Gasteiger partial charge in [-0.25, -0.2) is 13.6 Å². The van der Waals surface area contributed by atoms with Crippen LogP contribution in [0.3, 0.4) is 0 Å². The van der Waals surface area contributed by atoms with Crippen LogP contribution in [0.1, 0.15) is 20.8 Å². The molecule has 0 bridgehead atoms. The van der Waals surface area contributed by atoms with Gasteiger partial charge >= 0.3 is 6.09 Å². The van der Waals surface area contributed by atoms with Crippen LogP contribution in [0.25, 0.3) is 0 Å². The molecule has 3 nitrogen and oxygen atoms in total. The normalized spacial score (nSPS) is 11.2. The molecule has 0 aliphatic carbocycles. The van der Waals surface area contributed by atoms with Crippen LogP contribution in [0.15, 0.2) is 12.1 Å². The summed E-state index contributed by atoms with van der Waals surface area (Å²) in [6, 6.07) is 2.23. The zero-order valence-electron chi connectivity index (χ0n) is 9.61. The maximum atomic E-state index is 13.2. The lowest BCUT2D eigenvalue weighted by Crippen LogP contribution is -2.27. The highest BCUT2D eigenvalue weighted by molar-refractivity contribution is 14.1. The van der Waals surface area contributed by atoms with E-state index < -0.39 is 23.3 Å². The second-order valence-electron chi connectivity index (χ2n) is 4.35. The Kier molecular flexibility index (Phi) is 4.29. The Morgan fingerprint density at radius 2 is 1.94 bits per heavy atom. The Bertz CT molecular complexity index is 444. The molecule has 0 unspecified atom stereocenters. The van der Waals surface area contributed by atoms with Crippen LogP contribution in [0.5, 0.6) is 0 Å². The third-order valence-corrected chi connectivity index (χ3v) is 2.73. The van der Waals surface area contributed by atoms with Crippen molar-refractivity contribution >= 4 is 34.4 Å². The van der Waals surface area contributed by atoms with Gasteiger partial charge in [-0.15, -0.1) is 0 Å². The minimum atomic E-state index is -0.987. The lowest BCUT2D eigenvalue weighted by Gasteiger charge is -2.20. The second-order valence-corrected chi connectivity index (χ2v) is 5.43. The molecule has 0 aromatic heterocycles. The predicted octanol–water partition coefficient (Wildman–Crippen LogP) is 3.92. The van der Waals surface area contributed by atoms with E-state index in [0.717, 1.165) is 6.07 Å². The first-order chi connectivity index (χ1) is 7.70. The van der Waals surface area contributed by atoms with Crippen molar-refractivity contribution in [2.75, 3.05) is 5.32 Å². The number of amides is 1. The van der Waals surface area contributed by atoms with Crippen molar-refractivity contribution in [1.82, 2.24) is 0 Å². The summed E-state index contributed by atoms with van der Waals surface area (Å²) in [4.78, 5) is 11.4. The fraction of sp³-hybridized carbons (Fsp3) is 0.364. The van der Waals surface area contributed by atoms with Crippen molar-refractivity contribution in [3.05, 3.63) is 27.3 Å². The largest absolute Gasteiger partial charge is 0.444 e. The number of hydrogen-bond donors (Lipinski definition) is 1. The predicted molar refractivity (Wildman–Crippen MR) is 68.9 cm³/mol. The van der Waals surface area contributed by atoms with E-state index in [2.05, 4.69) is 5.32 Å². The minimum Gasteiger partial charge on any atom is -0.444 e. The van der Waals surface area contributed by atoms with Crippen molar-refractivity contribution in [3.8, 4) is 0 Å². The molecule has 94 valence electrons. The molecule has 17 heavy (non-hydrogen) atoms. The summed E-state index contributed by atoms with van der Waals surface area (Å²) in [5.74, 6) is -1.94. The standard InChI is InChI=1S/C11H12F2INO2/c1-11(2,3)17-10(16)15-7-5-4-6(12)8(13)9(7)14/h4-5H,1-3H3,(H,15,16). The lowest BCUT2D eigenvalue weighted by molar-refractivity contribution is 0.0636. The monoisotopic (exact) mass is 355 g/mol. The summed E-state index contributed by atoms with van der Waals surface area (Å²) in [5.41, 5.74) is -0.465. The van der Waals surface area contributed by atoms with Crippen LogP contribution in [0.2, 0.25) is 0 Å². The average Bonchev–Trinajstić information content (AvgIpc) is 2.16. The molecule has 0 fully saturated rings. The van der Waals surface area contributed by atoms with Gasteiger partial charge in [0, 0.05) is 0 Å². The van der Waals surface area contributed by atoms with Crippen molar-refractivity contribution in [2.24, 2.45) is 0 Å². The van der Waals surface area contributed by atoms with Gasteiger partial charge in [0.2, 0.25) is 0 Å². The summed E-state index contributed by atoms with van der Waals surface area (Å²) in [6.07, 6.45) is -0.707. The number of nitrogens with one attached hydrogen (secondary N) is 1. The number of carbonyl (C=O) groups is 1. The zero-order valence-corrected chi connectivity index (χ0v) is 11.8. The summed E-state index contributed by atoms with van der Waals surface area (Å²) in [7, 11) is 0. The maximum absolute atomic E-state index is 13.2. The van der Waals surface area contributed by atoms with Crippen molar-refractivity contribution in [2.45, 2.75) is 26.4 Å². The summed E-state index contributed by atoms with van der Waals surface area (Å²) in [5, 5.41) is 2.36. The number of anilines is 1. The first-order valence-electron chi connectivity index (χ1n) is 4.84. The van der Waals surface area contributed by atoms with Gasteiger partial charge in [-0.2, -0.15) is 0 Å². The highest BCUT2D eigenvalue weighted by atomic mass is 127. The van der Waals surface area contributed by atoms with Crippen LogP contribution < -0.4 is 5.32 Å². The molecule has 0 radical (unpaired) electrons. The van der Waals surface area contributed by atoms with E-state index in [1.54, 1.807) is 43.4 Å². The van der Waals surface area contributed by atoms with Gasteiger partial charge in [-0.1, -0.05) is 0 Å². The smallest absolute Gasteiger partial charge is 0.412 e. The summed E-state index contributed by atoms with van der Waals surface area (Å²) in [6.45, 7) is 5.13. The molecule has 0 saturated heterocycles. The van der Waals surface area contributed by atoms with Gasteiger partial charge in [0.25, 0.3) is 0 Å². The molecule has 0 atom stereocenters. The van der Waals surface area contributed by atoms with Gasteiger partial charge in [-0.3, -0.25) is 5.32 Å². The molecule has 0 heterocycles. The Morgan fingerprint density at radius 3 is 2.47 bits per heavy atom. The van der Waals surface area contributed by atoms with E-state index in [4.69, 9.17) is 4.74 Å². The number of hydrogen-bond acceptors (Lipinski definition) is 2. The highest BCUT2D eigenvalue weighted by Gasteiger charge is 2.18. The SMILES string of the molecule is CC(C)(C)OC(=O)Nc1ccc(F)c(F)c1I. The lowest BCUT2D eigenvalue weighted by atomic mass is 10.2. The fourth-order valence-electron chi connectivity index (χ4n) is 1.04. The topological polar surface area (TPSA) is 38.3 Å². The quantitative estimate of drug-likeness (QED) is 0.613. The van der Waals surface area contributed by atoms with Crippen molar-refractivity contribution in [1.29, 1.82) is 0 Å². The number of rotatable bonds is 1. The third-order valence-electron chi connectivity index (χ3n) is 1.67. The number of benzene rings is 1. The highest BCUT2D eigenvalue weighted by Crippen LogP contribution is 2.23. The van der Waals surface area contributed by atoms with E-state index in [1.807, 2.05) is 0 Å². The Hall–Kier alpha value is -0.920. The van der Waals surface area contributed by atoms with Gasteiger partial charge in [0.15, 0.2) is 11.6 Å². The first kappa shape index (κ1) is 14.1. The molecule has 0 spiro atoms. The van der Waals surface area contributed by atoms with Crippen molar-refractivity contribution < 1.29 is 18.3 Å². The molecular weight excluding hydrogens is 343 g/mol. The van der Waals surface area contributed by atoms with Gasteiger partial charge in [-0.05, 0) is 55.5 Å². The van der Waals surface area contributed by atoms with Crippen LogP contribution in [0.4, 0.5) is 19.3 Å². The Morgan fingerprint density at radius 1 is 1.35 bits per heavy atom. The molecule has 0 saturated carbocycles. The molecule has 0 aliphatic rings. The van der Waals surface area contributed by atoms with Gasteiger partial charge in [0.1, 0.15) is 5.60 Å². The Labute approximate surface area is 112 Å². The van der Waals surface area contributed by atoms with Crippen LogP contribution >= 0.6 is 22.6 Å². The molecule has 1 aromatic rings. The van der Waals surface area contributed by atoms with Crippen LogP contribution in [-0.4, -0.2) is 11.7 Å². The molecule has 1 amide bonds. The van der Waals surface area contributed by atoms with Gasteiger partial charge in [0.05, 0.1) is 9.26 Å². The van der Waals surface area contributed by atoms with Crippen LogP contribution in [-0.2, 0) is 4.74 Å². The number of carbonyl (C=O) groups excluding carboxylic acids is 1. The van der Waals surface area contributed by atoms with Crippen molar-refractivity contribution in [3.63, 3.8) is 0 Å². The summed E-state index contributed by atoms with van der Waals surface area (Å²) < 4.78 is 31.1. The third kappa shape index (κ3) is 4.10. The average molecular weight is 355 g/mol. The molecule has 1 rings (SSSR count). The number of halogens is 3. The van der Waals surface area contributed by atoms with Crippen LogP contribution in [0, 0.1) is 15.2 Å². The number of ether oxygens (including phenoxy) is 1. The minimum absolute atomic E-state index is 0.00783. The molecule has 1 aromatic carbocycles. The van der Waals surface area contributed by atoms with E-state index in [-0.39, 0.29) is 9.26 Å². The molecule has 6 heteroatoms. The maximum Gasteiger partial charge on any atom is 0.412 e. The van der Waals surface area contributed by atoms with E-state index in [1.165, 1.54) is 6.07 Å². The molecular formula is C11H12F2INO2.